The third-order valence-corrected chi connectivity index (χ3v) is 5.98. The van der Waals surface area contributed by atoms with Crippen LogP contribution in [-0.4, -0.2) is 59.2 Å². The van der Waals surface area contributed by atoms with Crippen LogP contribution in [-0.2, 0) is 17.9 Å². The van der Waals surface area contributed by atoms with Gasteiger partial charge in [-0.15, -0.1) is 0 Å². The maximum Gasteiger partial charge on any atom is 0.253 e. The van der Waals surface area contributed by atoms with E-state index in [4.69, 9.17) is 11.6 Å². The maximum absolute atomic E-state index is 12.8. The van der Waals surface area contributed by atoms with Gasteiger partial charge in [-0.2, -0.15) is 0 Å². The average molecular weight is 412 g/mol. The Balaban J connectivity index is 1.28. The molecule has 2 amide bonds. The van der Waals surface area contributed by atoms with E-state index in [1.165, 1.54) is 5.56 Å². The van der Waals surface area contributed by atoms with Gasteiger partial charge in [0.1, 0.15) is 0 Å². The molecule has 2 saturated heterocycles. The van der Waals surface area contributed by atoms with Crippen molar-refractivity contribution in [1.29, 1.82) is 0 Å². The molecule has 2 aromatic rings. The molecule has 0 bridgehead atoms. The fourth-order valence-electron chi connectivity index (χ4n) is 3.98. The van der Waals surface area contributed by atoms with Crippen LogP contribution in [0.1, 0.15) is 34.3 Å². The summed E-state index contributed by atoms with van der Waals surface area (Å²) in [5.41, 5.74) is 3.03. The zero-order valence-electron chi connectivity index (χ0n) is 16.5. The van der Waals surface area contributed by atoms with Crippen molar-refractivity contribution in [1.82, 2.24) is 14.7 Å². The number of hydrogen-bond donors (Lipinski definition) is 0. The van der Waals surface area contributed by atoms with Crippen molar-refractivity contribution < 1.29 is 9.59 Å². The molecule has 0 atom stereocenters. The van der Waals surface area contributed by atoms with Crippen molar-refractivity contribution in [2.45, 2.75) is 25.9 Å². The van der Waals surface area contributed by atoms with E-state index in [9.17, 15) is 9.59 Å². The fraction of sp³-hybridized carbons (Fsp3) is 0.391. The molecule has 5 nitrogen and oxygen atoms in total. The van der Waals surface area contributed by atoms with Gasteiger partial charge in [0.15, 0.2) is 0 Å². The molecule has 6 heteroatoms. The lowest BCUT2D eigenvalue weighted by molar-refractivity contribution is -0.128. The minimum absolute atomic E-state index is 0.0833. The smallest absolute Gasteiger partial charge is 0.253 e. The van der Waals surface area contributed by atoms with E-state index < -0.39 is 0 Å². The minimum Gasteiger partial charge on any atom is -0.338 e. The number of rotatable bonds is 5. The van der Waals surface area contributed by atoms with Crippen LogP contribution < -0.4 is 0 Å². The second-order valence-electron chi connectivity index (χ2n) is 7.81. The summed E-state index contributed by atoms with van der Waals surface area (Å²) in [6.07, 6.45) is 1.60. The number of carbonyl (C=O) groups excluding carboxylic acids is 2. The third kappa shape index (κ3) is 4.98. The lowest BCUT2D eigenvalue weighted by atomic mass is 10.1. The number of amides is 2. The minimum atomic E-state index is 0.0833. The number of likely N-dealkylation sites (tertiary alicyclic amines) is 1. The average Bonchev–Trinajstić information content (AvgIpc) is 3.15. The van der Waals surface area contributed by atoms with Crippen LogP contribution in [0.2, 0.25) is 5.02 Å². The van der Waals surface area contributed by atoms with Gasteiger partial charge in [-0.25, -0.2) is 0 Å². The summed E-state index contributed by atoms with van der Waals surface area (Å²) in [4.78, 5) is 30.8. The highest BCUT2D eigenvalue weighted by Crippen LogP contribution is 2.17. The highest BCUT2D eigenvalue weighted by molar-refractivity contribution is 6.30. The molecule has 0 saturated carbocycles. The molecule has 2 aromatic carbocycles. The molecule has 0 spiro atoms. The molecule has 0 aliphatic carbocycles. The lowest BCUT2D eigenvalue weighted by Gasteiger charge is -2.34. The molecule has 2 aliphatic heterocycles. The Morgan fingerprint density at radius 1 is 0.828 bits per heavy atom. The third-order valence-electron chi connectivity index (χ3n) is 5.72. The second kappa shape index (κ2) is 8.97. The van der Waals surface area contributed by atoms with Crippen molar-refractivity contribution in [2.24, 2.45) is 0 Å². The number of piperazine rings is 1. The van der Waals surface area contributed by atoms with Crippen LogP contribution in [0.4, 0.5) is 0 Å². The van der Waals surface area contributed by atoms with E-state index in [1.54, 1.807) is 0 Å². The Hall–Kier alpha value is -2.37. The molecule has 4 rings (SSSR count). The van der Waals surface area contributed by atoms with E-state index in [1.807, 2.05) is 46.2 Å². The monoisotopic (exact) mass is 411 g/mol. The Morgan fingerprint density at radius 3 is 2.07 bits per heavy atom. The Bertz CT molecular complexity index is 859. The zero-order chi connectivity index (χ0) is 20.2. The molecule has 0 radical (unpaired) electrons. The van der Waals surface area contributed by atoms with Crippen LogP contribution in [0.25, 0.3) is 0 Å². The Morgan fingerprint density at radius 2 is 1.45 bits per heavy atom. The summed E-state index contributed by atoms with van der Waals surface area (Å²) >= 11 is 5.95. The van der Waals surface area contributed by atoms with E-state index >= 15 is 0 Å². The van der Waals surface area contributed by atoms with Crippen LogP contribution in [0.5, 0.6) is 0 Å². The van der Waals surface area contributed by atoms with Crippen LogP contribution in [0, 0.1) is 0 Å². The van der Waals surface area contributed by atoms with Gasteiger partial charge in [0.2, 0.25) is 5.91 Å². The number of halogens is 1. The van der Waals surface area contributed by atoms with Gasteiger partial charge in [-0.05, 0) is 41.8 Å². The van der Waals surface area contributed by atoms with Crippen LogP contribution in [0.15, 0.2) is 48.5 Å². The summed E-state index contributed by atoms with van der Waals surface area (Å²) in [7, 11) is 0. The number of benzene rings is 2. The predicted octanol–water partition coefficient (Wildman–Crippen LogP) is 3.42. The van der Waals surface area contributed by atoms with Crippen molar-refractivity contribution >= 4 is 23.4 Å². The molecule has 0 N–H and O–H groups in total. The largest absolute Gasteiger partial charge is 0.338 e. The lowest BCUT2D eigenvalue weighted by Crippen LogP contribution is -2.48. The predicted molar refractivity (Wildman–Crippen MR) is 114 cm³/mol. The molecular weight excluding hydrogens is 386 g/mol. The van der Waals surface area contributed by atoms with E-state index in [0.717, 1.165) is 56.3 Å². The summed E-state index contributed by atoms with van der Waals surface area (Å²) in [6.45, 7) is 5.54. The number of carbonyl (C=O) groups is 2. The fourth-order valence-corrected chi connectivity index (χ4v) is 4.11. The van der Waals surface area contributed by atoms with Crippen molar-refractivity contribution in [3.63, 3.8) is 0 Å². The first kappa shape index (κ1) is 19.9. The molecule has 0 unspecified atom stereocenters. The Labute approximate surface area is 176 Å². The molecular formula is C23H26ClN3O2. The second-order valence-corrected chi connectivity index (χ2v) is 8.25. The first-order chi connectivity index (χ1) is 14.1. The highest BCUT2D eigenvalue weighted by atomic mass is 35.5. The van der Waals surface area contributed by atoms with Crippen molar-refractivity contribution in [3.8, 4) is 0 Å². The molecule has 2 heterocycles. The molecule has 152 valence electrons. The van der Waals surface area contributed by atoms with E-state index in [2.05, 4.69) is 17.0 Å². The first-order valence-electron chi connectivity index (χ1n) is 10.2. The normalized spacial score (nSPS) is 17.8. The van der Waals surface area contributed by atoms with E-state index in [0.29, 0.717) is 18.5 Å². The van der Waals surface area contributed by atoms with Gasteiger partial charge >= 0.3 is 0 Å². The molecule has 29 heavy (non-hydrogen) atoms. The number of nitrogens with zero attached hydrogens (tertiary/aromatic N) is 3. The Kier molecular flexibility index (Phi) is 6.16. The maximum atomic E-state index is 12.8. The highest BCUT2D eigenvalue weighted by Gasteiger charge is 2.23. The van der Waals surface area contributed by atoms with Gasteiger partial charge in [-0.1, -0.05) is 35.9 Å². The summed E-state index contributed by atoms with van der Waals surface area (Å²) in [6, 6.07) is 15.6. The van der Waals surface area contributed by atoms with Gasteiger partial charge in [-0.3, -0.25) is 14.5 Å². The SMILES string of the molecule is O=C1CCCN1Cc1ccc(C(=O)N2CCN(Cc3ccc(Cl)cc3)CC2)cc1. The standard InChI is InChI=1S/C23H26ClN3O2/c24-21-9-5-18(6-10-21)16-25-12-14-26(15-13-25)23(29)20-7-3-19(4-8-20)17-27-11-1-2-22(27)28/h3-10H,1-2,11-17H2. The quantitative estimate of drug-likeness (QED) is 0.757. The van der Waals surface area contributed by atoms with Gasteiger partial charge in [0.25, 0.3) is 5.91 Å². The van der Waals surface area contributed by atoms with Gasteiger partial charge in [0, 0.05) is 62.8 Å². The van der Waals surface area contributed by atoms with Gasteiger partial charge < -0.3 is 9.80 Å². The van der Waals surface area contributed by atoms with Gasteiger partial charge in [0.05, 0.1) is 0 Å². The first-order valence-corrected chi connectivity index (χ1v) is 10.6. The van der Waals surface area contributed by atoms with Crippen LogP contribution >= 0.6 is 11.6 Å². The topological polar surface area (TPSA) is 43.9 Å². The molecule has 2 fully saturated rings. The molecule has 2 aliphatic rings. The summed E-state index contributed by atoms with van der Waals surface area (Å²) in [5.74, 6) is 0.307. The van der Waals surface area contributed by atoms with Crippen LogP contribution in [0.3, 0.4) is 0 Å². The number of hydrogen-bond acceptors (Lipinski definition) is 3. The molecule has 0 aromatic heterocycles. The van der Waals surface area contributed by atoms with Crippen molar-refractivity contribution in [3.05, 3.63) is 70.2 Å². The van der Waals surface area contributed by atoms with E-state index in [-0.39, 0.29) is 11.8 Å². The summed E-state index contributed by atoms with van der Waals surface area (Å²) < 4.78 is 0. The summed E-state index contributed by atoms with van der Waals surface area (Å²) in [5, 5.41) is 0.752. The zero-order valence-corrected chi connectivity index (χ0v) is 17.3. The van der Waals surface area contributed by atoms with Crippen molar-refractivity contribution in [2.75, 3.05) is 32.7 Å².